The van der Waals surface area contributed by atoms with Gasteiger partial charge in [0.25, 0.3) is 5.91 Å². The quantitative estimate of drug-likeness (QED) is 0.587. The molecule has 10 heteroatoms. The first kappa shape index (κ1) is 19.0. The van der Waals surface area contributed by atoms with Crippen molar-refractivity contribution >= 4 is 27.3 Å². The lowest BCUT2D eigenvalue weighted by atomic mass is 10.2. The molecular weight excluding hydrogens is 388 g/mol. The van der Waals surface area contributed by atoms with Gasteiger partial charge < -0.3 is 10.5 Å². The van der Waals surface area contributed by atoms with Gasteiger partial charge in [-0.3, -0.25) is 14.8 Å². The Bertz CT molecular complexity index is 1020. The van der Waals surface area contributed by atoms with E-state index >= 15 is 0 Å². The molecule has 0 unspecified atom stereocenters. The van der Waals surface area contributed by atoms with Crippen LogP contribution in [-0.2, 0) is 21.4 Å². The number of sulfonamides is 1. The number of thiophene rings is 1. The Kier molecular flexibility index (Phi) is 5.79. The van der Waals surface area contributed by atoms with E-state index in [4.69, 9.17) is 10.5 Å². The average Bonchev–Trinajstić information content (AvgIpc) is 3.20. The van der Waals surface area contributed by atoms with Crippen LogP contribution in [0.5, 0.6) is 5.75 Å². The molecule has 0 bridgehead atoms. The van der Waals surface area contributed by atoms with Crippen LogP contribution in [0.3, 0.4) is 0 Å². The second kappa shape index (κ2) is 8.25. The first-order valence-electron chi connectivity index (χ1n) is 7.80. The molecule has 3 aromatic rings. The second-order valence-corrected chi connectivity index (χ2v) is 8.09. The maximum atomic E-state index is 12.5. The van der Waals surface area contributed by atoms with Gasteiger partial charge in [0.2, 0.25) is 10.0 Å². The van der Waals surface area contributed by atoms with Gasteiger partial charge in [0.05, 0.1) is 22.0 Å². The van der Waals surface area contributed by atoms with Crippen molar-refractivity contribution in [3.63, 3.8) is 0 Å². The normalized spacial score (nSPS) is 11.3. The van der Waals surface area contributed by atoms with Gasteiger partial charge in [0.15, 0.2) is 6.61 Å². The smallest absolute Gasteiger partial charge is 0.255 e. The van der Waals surface area contributed by atoms with Crippen LogP contribution in [-0.4, -0.2) is 30.9 Å². The maximum absolute atomic E-state index is 12.5. The van der Waals surface area contributed by atoms with E-state index in [1.807, 2.05) is 17.5 Å². The number of aromatic nitrogens is 2. The van der Waals surface area contributed by atoms with E-state index in [9.17, 15) is 13.2 Å². The van der Waals surface area contributed by atoms with E-state index in [2.05, 4.69) is 14.7 Å². The van der Waals surface area contributed by atoms with Gasteiger partial charge in [-0.1, -0.05) is 6.07 Å². The molecule has 8 nitrogen and oxygen atoms in total. The molecule has 0 fully saturated rings. The number of carbonyl (C=O) groups is 1. The van der Waals surface area contributed by atoms with Crippen LogP contribution in [0.15, 0.2) is 59.1 Å². The molecule has 1 aromatic carbocycles. The second-order valence-electron chi connectivity index (χ2n) is 5.38. The predicted octanol–water partition coefficient (Wildman–Crippen LogP) is 1.55. The molecular formula is C17H16N4O4S2. The number of amides is 1. The standard InChI is InChI=1S/C17H16N4O4S2/c18-16(22)11-25-12-3-5-13(6-4-12)27(23,24)21-10-14-17(20-8-7-19-14)15-2-1-9-26-15/h1-9,21H,10-11H2,(H2,18,22). The number of nitrogens with two attached hydrogens (primary N) is 1. The third-order valence-electron chi connectivity index (χ3n) is 3.47. The Morgan fingerprint density at radius 1 is 1.15 bits per heavy atom. The Balaban J connectivity index is 1.72. The van der Waals surface area contributed by atoms with Crippen LogP contribution in [0.25, 0.3) is 10.6 Å². The van der Waals surface area contributed by atoms with Gasteiger partial charge in [0, 0.05) is 12.4 Å². The van der Waals surface area contributed by atoms with E-state index in [-0.39, 0.29) is 18.0 Å². The van der Waals surface area contributed by atoms with E-state index < -0.39 is 15.9 Å². The van der Waals surface area contributed by atoms with Crippen molar-refractivity contribution in [1.82, 2.24) is 14.7 Å². The Labute approximate surface area is 160 Å². The summed E-state index contributed by atoms with van der Waals surface area (Å²) in [6.45, 7) is -0.272. The number of hydrogen-bond donors (Lipinski definition) is 2. The van der Waals surface area contributed by atoms with Crippen molar-refractivity contribution in [1.29, 1.82) is 0 Å². The monoisotopic (exact) mass is 404 g/mol. The highest BCUT2D eigenvalue weighted by Gasteiger charge is 2.16. The van der Waals surface area contributed by atoms with Gasteiger partial charge in [-0.25, -0.2) is 13.1 Å². The summed E-state index contributed by atoms with van der Waals surface area (Å²) in [5.74, 6) is -0.263. The summed E-state index contributed by atoms with van der Waals surface area (Å²) in [6, 6.07) is 9.47. The van der Waals surface area contributed by atoms with Crippen molar-refractivity contribution in [3.05, 3.63) is 59.9 Å². The zero-order valence-corrected chi connectivity index (χ0v) is 15.7. The number of primary amides is 1. The minimum absolute atomic E-state index is 0.00331. The number of nitrogens with one attached hydrogen (secondary N) is 1. The van der Waals surface area contributed by atoms with Gasteiger partial charge in [-0.2, -0.15) is 0 Å². The fourth-order valence-corrected chi connectivity index (χ4v) is 3.96. The van der Waals surface area contributed by atoms with Crippen LogP contribution < -0.4 is 15.2 Å². The highest BCUT2D eigenvalue weighted by molar-refractivity contribution is 7.89. The van der Waals surface area contributed by atoms with E-state index in [0.29, 0.717) is 17.1 Å². The molecule has 0 radical (unpaired) electrons. The predicted molar refractivity (Wildman–Crippen MR) is 101 cm³/mol. The third kappa shape index (κ3) is 4.88. The lowest BCUT2D eigenvalue weighted by molar-refractivity contribution is -0.119. The average molecular weight is 404 g/mol. The highest BCUT2D eigenvalue weighted by atomic mass is 32.2. The summed E-state index contributed by atoms with van der Waals surface area (Å²) < 4.78 is 32.7. The van der Waals surface area contributed by atoms with Crippen LogP contribution in [0.2, 0.25) is 0 Å². The summed E-state index contributed by atoms with van der Waals surface area (Å²) in [6.07, 6.45) is 3.09. The van der Waals surface area contributed by atoms with E-state index in [0.717, 1.165) is 4.88 Å². The molecule has 0 atom stereocenters. The molecule has 1 amide bonds. The molecule has 0 spiro atoms. The lowest BCUT2D eigenvalue weighted by Gasteiger charge is -2.09. The zero-order valence-electron chi connectivity index (χ0n) is 14.0. The first-order valence-corrected chi connectivity index (χ1v) is 10.2. The highest BCUT2D eigenvalue weighted by Crippen LogP contribution is 2.25. The minimum atomic E-state index is -3.75. The van der Waals surface area contributed by atoms with Gasteiger partial charge in [-0.15, -0.1) is 11.3 Å². The molecule has 0 aliphatic heterocycles. The van der Waals surface area contributed by atoms with Gasteiger partial charge in [0.1, 0.15) is 11.4 Å². The molecule has 2 aromatic heterocycles. The molecule has 3 N–H and O–H groups in total. The summed E-state index contributed by atoms with van der Waals surface area (Å²) in [7, 11) is -3.75. The van der Waals surface area contributed by atoms with E-state index in [1.165, 1.54) is 41.8 Å². The van der Waals surface area contributed by atoms with Crippen molar-refractivity contribution in [2.45, 2.75) is 11.4 Å². The number of ether oxygens (including phenoxy) is 1. The van der Waals surface area contributed by atoms with Crippen molar-refractivity contribution in [3.8, 4) is 16.3 Å². The van der Waals surface area contributed by atoms with Crippen LogP contribution in [0.1, 0.15) is 5.69 Å². The molecule has 0 saturated carbocycles. The SMILES string of the molecule is NC(=O)COc1ccc(S(=O)(=O)NCc2nccnc2-c2cccs2)cc1. The van der Waals surface area contributed by atoms with Crippen molar-refractivity contribution < 1.29 is 17.9 Å². The fraction of sp³-hybridized carbons (Fsp3) is 0.118. The Morgan fingerprint density at radius 2 is 1.89 bits per heavy atom. The zero-order chi connectivity index (χ0) is 19.3. The minimum Gasteiger partial charge on any atom is -0.484 e. The third-order valence-corrected chi connectivity index (χ3v) is 5.77. The molecule has 3 rings (SSSR count). The Morgan fingerprint density at radius 3 is 2.56 bits per heavy atom. The van der Waals surface area contributed by atoms with Crippen molar-refractivity contribution in [2.24, 2.45) is 5.73 Å². The molecule has 0 aliphatic rings. The molecule has 0 aliphatic carbocycles. The molecule has 0 saturated heterocycles. The summed E-state index contributed by atoms with van der Waals surface area (Å²) >= 11 is 1.50. The van der Waals surface area contributed by atoms with Gasteiger partial charge in [-0.05, 0) is 35.7 Å². The lowest BCUT2D eigenvalue weighted by Crippen LogP contribution is -2.24. The number of nitrogens with zero attached hydrogens (tertiary/aromatic N) is 2. The van der Waals surface area contributed by atoms with Crippen LogP contribution in [0, 0.1) is 0 Å². The van der Waals surface area contributed by atoms with Crippen molar-refractivity contribution in [2.75, 3.05) is 6.61 Å². The number of benzene rings is 1. The number of hydrogen-bond acceptors (Lipinski definition) is 7. The van der Waals surface area contributed by atoms with Crippen LogP contribution in [0.4, 0.5) is 0 Å². The molecule has 140 valence electrons. The molecule has 27 heavy (non-hydrogen) atoms. The first-order chi connectivity index (χ1) is 13.0. The van der Waals surface area contributed by atoms with Crippen LogP contribution >= 0.6 is 11.3 Å². The summed E-state index contributed by atoms with van der Waals surface area (Å²) in [5.41, 5.74) is 6.18. The fourth-order valence-electron chi connectivity index (χ4n) is 2.23. The number of carbonyl (C=O) groups excluding carboxylic acids is 1. The molecule has 2 heterocycles. The summed E-state index contributed by atoms with van der Waals surface area (Å²) in [4.78, 5) is 20.2. The number of rotatable bonds is 8. The summed E-state index contributed by atoms with van der Waals surface area (Å²) in [5, 5.41) is 1.92. The largest absolute Gasteiger partial charge is 0.484 e. The topological polar surface area (TPSA) is 124 Å². The van der Waals surface area contributed by atoms with E-state index in [1.54, 1.807) is 6.20 Å². The maximum Gasteiger partial charge on any atom is 0.255 e. The van der Waals surface area contributed by atoms with Gasteiger partial charge >= 0.3 is 0 Å². The Hall–Kier alpha value is -2.82.